The lowest BCUT2D eigenvalue weighted by Gasteiger charge is -2.37. The summed E-state index contributed by atoms with van der Waals surface area (Å²) in [6, 6.07) is 17.6. The van der Waals surface area contributed by atoms with Crippen molar-refractivity contribution in [3.63, 3.8) is 0 Å². The van der Waals surface area contributed by atoms with Crippen molar-refractivity contribution in [3.05, 3.63) is 83.4 Å². The molecule has 0 fully saturated rings. The van der Waals surface area contributed by atoms with Gasteiger partial charge in [-0.2, -0.15) is 0 Å². The number of rotatable bonds is 8. The van der Waals surface area contributed by atoms with Crippen molar-refractivity contribution >= 4 is 11.7 Å². The number of aliphatic hydroxyl groups is 1. The lowest BCUT2D eigenvalue weighted by atomic mass is 9.80. The summed E-state index contributed by atoms with van der Waals surface area (Å²) in [6.07, 6.45) is 1.56. The molecule has 0 aliphatic carbocycles. The van der Waals surface area contributed by atoms with Gasteiger partial charge >= 0.3 is 0 Å². The molecule has 0 heterocycles. The summed E-state index contributed by atoms with van der Waals surface area (Å²) in [5.41, 5.74) is 5.12. The van der Waals surface area contributed by atoms with Crippen molar-refractivity contribution in [2.24, 2.45) is 5.73 Å². The monoisotopic (exact) mass is 380 g/mol. The summed E-state index contributed by atoms with van der Waals surface area (Å²) >= 11 is 0. The zero-order valence-corrected chi connectivity index (χ0v) is 16.6. The smallest absolute Gasteiger partial charge is 0.245 e. The van der Waals surface area contributed by atoms with Crippen LogP contribution < -0.4 is 11.1 Å². The van der Waals surface area contributed by atoms with Gasteiger partial charge in [-0.15, -0.1) is 0 Å². The molecule has 0 bridgehead atoms. The molecule has 0 saturated carbocycles. The quantitative estimate of drug-likeness (QED) is 0.372. The van der Waals surface area contributed by atoms with Crippen LogP contribution in [0.4, 0.5) is 0 Å². The molecule has 0 aliphatic rings. The molecule has 5 heteroatoms. The molecule has 4 N–H and O–H groups in total. The first-order valence-electron chi connectivity index (χ1n) is 9.34. The minimum Gasteiger partial charge on any atom is -0.385 e. The summed E-state index contributed by atoms with van der Waals surface area (Å²) < 4.78 is 0. The Bertz CT molecular complexity index is 845. The van der Waals surface area contributed by atoms with E-state index in [4.69, 9.17) is 5.73 Å². The number of carbonyl (C=O) groups is 2. The molecule has 2 unspecified atom stereocenters. The van der Waals surface area contributed by atoms with Gasteiger partial charge < -0.3 is 16.2 Å². The van der Waals surface area contributed by atoms with Gasteiger partial charge in [0, 0.05) is 18.1 Å². The minimum absolute atomic E-state index is 0.156. The van der Waals surface area contributed by atoms with E-state index >= 15 is 0 Å². The van der Waals surface area contributed by atoms with Crippen molar-refractivity contribution in [3.8, 4) is 0 Å². The fourth-order valence-electron chi connectivity index (χ4n) is 3.19. The molecule has 2 aromatic carbocycles. The molecule has 28 heavy (non-hydrogen) atoms. The van der Waals surface area contributed by atoms with E-state index in [1.54, 1.807) is 56.3 Å². The Hall–Kier alpha value is -2.76. The first-order chi connectivity index (χ1) is 13.2. The fourth-order valence-corrected chi connectivity index (χ4v) is 3.19. The van der Waals surface area contributed by atoms with E-state index < -0.39 is 23.0 Å². The Morgan fingerprint density at radius 3 is 2.07 bits per heavy atom. The number of benzene rings is 2. The van der Waals surface area contributed by atoms with Crippen molar-refractivity contribution in [1.82, 2.24) is 5.32 Å². The van der Waals surface area contributed by atoms with Gasteiger partial charge in [0.15, 0.2) is 5.66 Å². The van der Waals surface area contributed by atoms with Crippen LogP contribution in [0.3, 0.4) is 0 Å². The first kappa shape index (κ1) is 21.5. The molecular weight excluding hydrogens is 352 g/mol. The Labute approximate surface area is 166 Å². The van der Waals surface area contributed by atoms with Crippen molar-refractivity contribution in [2.75, 3.05) is 0 Å². The highest BCUT2D eigenvalue weighted by Crippen LogP contribution is 2.33. The maximum Gasteiger partial charge on any atom is 0.245 e. The van der Waals surface area contributed by atoms with Gasteiger partial charge in [0.25, 0.3) is 0 Å². The van der Waals surface area contributed by atoms with E-state index in [-0.39, 0.29) is 6.42 Å². The van der Waals surface area contributed by atoms with Gasteiger partial charge in [0.2, 0.25) is 11.7 Å². The fraction of sp³-hybridized carbons (Fsp3) is 0.304. The molecule has 1 amide bonds. The van der Waals surface area contributed by atoms with Gasteiger partial charge in [0.1, 0.15) is 0 Å². The maximum atomic E-state index is 13.2. The predicted octanol–water partition coefficient (Wildman–Crippen LogP) is 3.29. The van der Waals surface area contributed by atoms with E-state index in [2.05, 4.69) is 5.32 Å². The average molecular weight is 380 g/mol. The molecule has 5 nitrogen and oxygen atoms in total. The molecule has 148 valence electrons. The second-order valence-corrected chi connectivity index (χ2v) is 7.31. The van der Waals surface area contributed by atoms with Gasteiger partial charge in [-0.1, -0.05) is 73.2 Å². The Morgan fingerprint density at radius 2 is 1.57 bits per heavy atom. The van der Waals surface area contributed by atoms with Crippen LogP contribution in [0.1, 0.15) is 49.5 Å². The predicted molar refractivity (Wildman–Crippen MR) is 111 cm³/mol. The van der Waals surface area contributed by atoms with Gasteiger partial charge in [-0.3, -0.25) is 9.59 Å². The van der Waals surface area contributed by atoms with E-state index in [1.165, 1.54) is 6.08 Å². The van der Waals surface area contributed by atoms with Crippen LogP contribution in [0.2, 0.25) is 0 Å². The van der Waals surface area contributed by atoms with Crippen LogP contribution >= 0.6 is 0 Å². The van der Waals surface area contributed by atoms with Gasteiger partial charge in [-0.05, 0) is 25.8 Å². The number of nitrogens with two attached hydrogens (primary N) is 1. The maximum absolute atomic E-state index is 13.2. The number of carbonyl (C=O) groups excluding carboxylic acids is 2. The molecule has 0 aromatic heterocycles. The van der Waals surface area contributed by atoms with E-state index in [0.717, 1.165) is 5.57 Å². The molecule has 2 atom stereocenters. The summed E-state index contributed by atoms with van der Waals surface area (Å²) in [6.45, 7) is 5.38. The summed E-state index contributed by atoms with van der Waals surface area (Å²) in [5.74, 6) is -0.926. The lowest BCUT2D eigenvalue weighted by molar-refractivity contribution is -0.118. The van der Waals surface area contributed by atoms with Crippen molar-refractivity contribution < 1.29 is 14.7 Å². The summed E-state index contributed by atoms with van der Waals surface area (Å²) in [5, 5.41) is 14.0. The highest BCUT2D eigenvalue weighted by molar-refractivity contribution is 6.05. The number of nitrogens with one attached hydrogen (secondary N) is 1. The standard InChI is InChI=1S/C23H28N2O3/c1-4-22(28,19-13-9-6-10-14-19)16-23(24,25-20(26)15-17(2)3)21(27)18-11-7-5-8-12-18/h5-15,28H,4,16,24H2,1-3H3,(H,25,26). The van der Waals surface area contributed by atoms with E-state index in [0.29, 0.717) is 17.5 Å². The van der Waals surface area contributed by atoms with Gasteiger partial charge in [-0.25, -0.2) is 0 Å². The molecular formula is C23H28N2O3. The summed E-state index contributed by atoms with van der Waals surface area (Å²) in [4.78, 5) is 25.7. The second kappa shape index (κ2) is 8.95. The van der Waals surface area contributed by atoms with Crippen LogP contribution in [0.15, 0.2) is 72.3 Å². The largest absolute Gasteiger partial charge is 0.385 e. The zero-order chi connectivity index (χ0) is 20.8. The minimum atomic E-state index is -1.77. The molecule has 0 aliphatic heterocycles. The molecule has 0 saturated heterocycles. The third-order valence-corrected chi connectivity index (χ3v) is 4.67. The van der Waals surface area contributed by atoms with E-state index in [9.17, 15) is 14.7 Å². The number of allylic oxidation sites excluding steroid dienone is 1. The highest BCUT2D eigenvalue weighted by atomic mass is 16.3. The van der Waals surface area contributed by atoms with Crippen LogP contribution in [-0.4, -0.2) is 22.5 Å². The van der Waals surface area contributed by atoms with Gasteiger partial charge in [0.05, 0.1) is 5.60 Å². The highest BCUT2D eigenvalue weighted by Gasteiger charge is 2.44. The average Bonchev–Trinajstić information content (AvgIpc) is 2.67. The molecule has 0 spiro atoms. The SMILES string of the molecule is CCC(O)(CC(N)(NC(=O)C=C(C)C)C(=O)c1ccccc1)c1ccccc1. The van der Waals surface area contributed by atoms with Crippen LogP contribution in [0.5, 0.6) is 0 Å². The Balaban J connectivity index is 2.46. The van der Waals surface area contributed by atoms with Crippen molar-refractivity contribution in [1.29, 1.82) is 0 Å². The van der Waals surface area contributed by atoms with Crippen molar-refractivity contribution in [2.45, 2.75) is 44.9 Å². The zero-order valence-electron chi connectivity index (χ0n) is 16.6. The summed E-state index contributed by atoms with van der Waals surface area (Å²) in [7, 11) is 0. The number of hydrogen-bond acceptors (Lipinski definition) is 4. The normalized spacial score (nSPS) is 15.0. The van der Waals surface area contributed by atoms with E-state index in [1.807, 2.05) is 25.1 Å². The second-order valence-electron chi connectivity index (χ2n) is 7.31. The Morgan fingerprint density at radius 1 is 1.04 bits per heavy atom. The number of hydrogen-bond donors (Lipinski definition) is 3. The first-order valence-corrected chi connectivity index (χ1v) is 9.34. The van der Waals surface area contributed by atoms with Crippen LogP contribution in [-0.2, 0) is 10.4 Å². The molecule has 0 radical (unpaired) electrons. The number of amides is 1. The topological polar surface area (TPSA) is 92.4 Å². The third-order valence-electron chi connectivity index (χ3n) is 4.67. The Kier molecular flexibility index (Phi) is 6.89. The van der Waals surface area contributed by atoms with Crippen LogP contribution in [0, 0.1) is 0 Å². The lowest BCUT2D eigenvalue weighted by Crippen LogP contribution is -2.64. The molecule has 2 aromatic rings. The number of Topliss-reactive ketones (excluding diaryl/α,β-unsaturated/α-hetero) is 1. The third kappa shape index (κ3) is 5.15. The number of ketones is 1. The van der Waals surface area contributed by atoms with Crippen LogP contribution in [0.25, 0.3) is 0 Å². The molecule has 2 rings (SSSR count).